The van der Waals surface area contributed by atoms with Crippen molar-refractivity contribution in [1.82, 2.24) is 14.5 Å². The summed E-state index contributed by atoms with van der Waals surface area (Å²) in [6, 6.07) is 8.32. The van der Waals surface area contributed by atoms with Gasteiger partial charge in [0.15, 0.2) is 5.82 Å². The third-order valence-electron chi connectivity index (χ3n) is 5.12. The molecule has 6 nitrogen and oxygen atoms in total. The van der Waals surface area contributed by atoms with E-state index in [0.717, 1.165) is 28.6 Å². The van der Waals surface area contributed by atoms with Crippen LogP contribution in [0, 0.1) is 0 Å². The highest BCUT2D eigenvalue weighted by atomic mass is 19.4. The first-order valence-electron chi connectivity index (χ1n) is 8.81. The molecule has 0 spiro atoms. The summed E-state index contributed by atoms with van der Waals surface area (Å²) in [6.07, 6.45) is 0.720. The van der Waals surface area contributed by atoms with Gasteiger partial charge in [-0.25, -0.2) is 9.97 Å². The van der Waals surface area contributed by atoms with Gasteiger partial charge in [0, 0.05) is 41.6 Å². The number of alkyl halides is 3. The molecule has 1 aliphatic carbocycles. The monoisotopic (exact) mass is 400 g/mol. The van der Waals surface area contributed by atoms with E-state index in [2.05, 4.69) is 9.97 Å². The first-order chi connectivity index (χ1) is 13.6. The quantitative estimate of drug-likeness (QED) is 0.612. The van der Waals surface area contributed by atoms with Crippen LogP contribution in [0.3, 0.4) is 0 Å². The molecule has 2 aromatic heterocycles. The second-order valence-electron chi connectivity index (χ2n) is 7.07. The molecule has 4 rings (SSSR count). The number of allylic oxidation sites excluding steroid dienone is 1. The number of para-hydroxylation sites is 1. The molecule has 0 bridgehead atoms. The molecular weight excluding hydrogens is 381 g/mol. The average molecular weight is 400 g/mol. The Morgan fingerprint density at radius 2 is 1.90 bits per heavy atom. The van der Waals surface area contributed by atoms with Gasteiger partial charge in [0.05, 0.1) is 17.3 Å². The van der Waals surface area contributed by atoms with Gasteiger partial charge >= 0.3 is 6.18 Å². The summed E-state index contributed by atoms with van der Waals surface area (Å²) in [7, 11) is 1.92. The maximum absolute atomic E-state index is 13.1. The van der Waals surface area contributed by atoms with Crippen molar-refractivity contribution < 1.29 is 13.2 Å². The SMILES string of the molecule is Cn1cc(-c2ccnc(C3(N)C=C(N)C(C(F)(F)F)=CC3N)n2)c2ccccc21. The second kappa shape index (κ2) is 6.43. The van der Waals surface area contributed by atoms with E-state index < -0.39 is 29.0 Å². The van der Waals surface area contributed by atoms with Gasteiger partial charge in [-0.1, -0.05) is 24.3 Å². The summed E-state index contributed by atoms with van der Waals surface area (Å²) in [5.74, 6) is 0.0934. The van der Waals surface area contributed by atoms with E-state index in [1.807, 2.05) is 42.1 Å². The number of hydrogen-bond donors (Lipinski definition) is 3. The van der Waals surface area contributed by atoms with E-state index in [-0.39, 0.29) is 5.82 Å². The Morgan fingerprint density at radius 1 is 1.17 bits per heavy atom. The van der Waals surface area contributed by atoms with Crippen LogP contribution in [0.4, 0.5) is 13.2 Å². The molecule has 6 N–H and O–H groups in total. The maximum atomic E-state index is 13.1. The van der Waals surface area contributed by atoms with Gasteiger partial charge in [-0.15, -0.1) is 0 Å². The Morgan fingerprint density at radius 3 is 2.62 bits per heavy atom. The number of halogens is 3. The number of aryl methyl sites for hydroxylation is 1. The fourth-order valence-electron chi connectivity index (χ4n) is 3.58. The predicted octanol–water partition coefficient (Wildman–Crippen LogP) is 2.46. The van der Waals surface area contributed by atoms with E-state index in [9.17, 15) is 13.2 Å². The minimum atomic E-state index is -4.62. The summed E-state index contributed by atoms with van der Waals surface area (Å²) in [4.78, 5) is 8.72. The van der Waals surface area contributed by atoms with Gasteiger partial charge in [-0.3, -0.25) is 0 Å². The molecule has 150 valence electrons. The Hall–Kier alpha value is -3.17. The van der Waals surface area contributed by atoms with Crippen LogP contribution in [0.25, 0.3) is 22.2 Å². The van der Waals surface area contributed by atoms with Crippen LogP contribution in [0.5, 0.6) is 0 Å². The molecule has 0 radical (unpaired) electrons. The molecule has 2 heterocycles. The number of fused-ring (bicyclic) bond motifs is 1. The minimum absolute atomic E-state index is 0.0934. The van der Waals surface area contributed by atoms with Crippen LogP contribution in [-0.4, -0.2) is 26.8 Å². The summed E-state index contributed by atoms with van der Waals surface area (Å²) in [6.45, 7) is 0. The smallest absolute Gasteiger partial charge is 0.398 e. The van der Waals surface area contributed by atoms with E-state index in [1.54, 1.807) is 6.07 Å². The van der Waals surface area contributed by atoms with Crippen LogP contribution in [-0.2, 0) is 12.6 Å². The summed E-state index contributed by atoms with van der Waals surface area (Å²) in [5, 5.41) is 0.980. The molecule has 1 aromatic carbocycles. The lowest BCUT2D eigenvalue weighted by Gasteiger charge is -2.34. The molecule has 9 heteroatoms. The number of rotatable bonds is 2. The van der Waals surface area contributed by atoms with Crippen LogP contribution in [0.15, 0.2) is 66.1 Å². The van der Waals surface area contributed by atoms with Crippen molar-refractivity contribution in [1.29, 1.82) is 0 Å². The van der Waals surface area contributed by atoms with Crippen molar-refractivity contribution in [2.75, 3.05) is 0 Å². The third kappa shape index (κ3) is 3.08. The van der Waals surface area contributed by atoms with Gasteiger partial charge in [0.25, 0.3) is 0 Å². The minimum Gasteiger partial charge on any atom is -0.398 e. The Kier molecular flexibility index (Phi) is 4.25. The van der Waals surface area contributed by atoms with E-state index in [0.29, 0.717) is 5.69 Å². The molecule has 3 aromatic rings. The standard InChI is InChI=1S/C20H19F3N6/c1-29-10-12(11-4-2-3-5-16(11)29)15-6-7-27-18(28-15)19(26)9-14(24)13(8-17(19)25)20(21,22)23/h2-10,17H,24-26H2,1H3. The summed E-state index contributed by atoms with van der Waals surface area (Å²) in [5.41, 5.74) is 17.4. The lowest BCUT2D eigenvalue weighted by Crippen LogP contribution is -2.54. The highest BCUT2D eigenvalue weighted by molar-refractivity contribution is 5.95. The highest BCUT2D eigenvalue weighted by Gasteiger charge is 2.44. The molecule has 2 atom stereocenters. The Labute approximate surface area is 164 Å². The van der Waals surface area contributed by atoms with Crippen molar-refractivity contribution in [2.45, 2.75) is 17.8 Å². The molecular formula is C20H19F3N6. The van der Waals surface area contributed by atoms with Gasteiger partial charge in [0.2, 0.25) is 0 Å². The van der Waals surface area contributed by atoms with E-state index in [1.165, 1.54) is 6.20 Å². The van der Waals surface area contributed by atoms with Crippen molar-refractivity contribution >= 4 is 10.9 Å². The molecule has 29 heavy (non-hydrogen) atoms. The molecule has 2 unspecified atom stereocenters. The van der Waals surface area contributed by atoms with E-state index >= 15 is 0 Å². The van der Waals surface area contributed by atoms with Crippen molar-refractivity contribution in [3.05, 3.63) is 72.0 Å². The number of hydrogen-bond acceptors (Lipinski definition) is 5. The normalized spacial score (nSPS) is 22.5. The van der Waals surface area contributed by atoms with Crippen LogP contribution < -0.4 is 17.2 Å². The van der Waals surface area contributed by atoms with Crippen LogP contribution in [0.1, 0.15) is 5.82 Å². The molecule has 0 saturated carbocycles. The van der Waals surface area contributed by atoms with Crippen molar-refractivity contribution in [3.8, 4) is 11.3 Å². The summed E-state index contributed by atoms with van der Waals surface area (Å²) < 4.78 is 41.4. The topological polar surface area (TPSA) is 109 Å². The largest absolute Gasteiger partial charge is 0.418 e. The fraction of sp³-hybridized carbons (Fsp3) is 0.200. The van der Waals surface area contributed by atoms with E-state index in [4.69, 9.17) is 17.2 Å². The molecule has 0 aliphatic heterocycles. The van der Waals surface area contributed by atoms with Crippen LogP contribution in [0.2, 0.25) is 0 Å². The molecule has 0 fully saturated rings. The Bertz CT molecular complexity index is 1160. The molecule has 1 aliphatic rings. The average Bonchev–Trinajstić information content (AvgIpc) is 3.01. The number of nitrogens with zero attached hydrogens (tertiary/aromatic N) is 3. The third-order valence-corrected chi connectivity index (χ3v) is 5.12. The fourth-order valence-corrected chi connectivity index (χ4v) is 3.58. The van der Waals surface area contributed by atoms with Gasteiger partial charge in [0.1, 0.15) is 5.54 Å². The van der Waals surface area contributed by atoms with Gasteiger partial charge in [-0.05, 0) is 18.2 Å². The molecule has 0 saturated heterocycles. The number of nitrogens with two attached hydrogens (primary N) is 3. The molecule has 0 amide bonds. The zero-order chi connectivity index (χ0) is 21.0. The number of benzene rings is 1. The van der Waals surface area contributed by atoms with Crippen molar-refractivity contribution in [3.63, 3.8) is 0 Å². The first-order valence-corrected chi connectivity index (χ1v) is 8.81. The van der Waals surface area contributed by atoms with Crippen molar-refractivity contribution in [2.24, 2.45) is 24.2 Å². The maximum Gasteiger partial charge on any atom is 0.418 e. The zero-order valence-corrected chi connectivity index (χ0v) is 15.5. The summed E-state index contributed by atoms with van der Waals surface area (Å²) >= 11 is 0. The van der Waals surface area contributed by atoms with Gasteiger partial charge < -0.3 is 21.8 Å². The first kappa shape index (κ1) is 19.2. The predicted molar refractivity (Wildman–Crippen MR) is 104 cm³/mol. The van der Waals surface area contributed by atoms with Crippen LogP contribution >= 0.6 is 0 Å². The van der Waals surface area contributed by atoms with Gasteiger partial charge in [-0.2, -0.15) is 13.2 Å². The lowest BCUT2D eigenvalue weighted by atomic mass is 9.82. The zero-order valence-electron chi connectivity index (χ0n) is 15.5. The number of aromatic nitrogens is 3. The highest BCUT2D eigenvalue weighted by Crippen LogP contribution is 2.37. The lowest BCUT2D eigenvalue weighted by molar-refractivity contribution is -0.0902. The second-order valence-corrected chi connectivity index (χ2v) is 7.07. The Balaban J connectivity index is 1.81.